The van der Waals surface area contributed by atoms with Crippen molar-refractivity contribution in [1.82, 2.24) is 10.3 Å². The summed E-state index contributed by atoms with van der Waals surface area (Å²) >= 11 is 1.68. The van der Waals surface area contributed by atoms with Gasteiger partial charge in [0.05, 0.1) is 5.69 Å². The Bertz CT molecular complexity index is 534. The van der Waals surface area contributed by atoms with Crippen molar-refractivity contribution in [3.05, 3.63) is 40.9 Å². The molecule has 102 valence electrons. The SMILES string of the molecule is Cc1cccc(N(C)c2nc(CNC(C)C)cs2)c1. The molecule has 0 radical (unpaired) electrons. The second-order valence-corrected chi connectivity index (χ2v) is 5.89. The zero-order chi connectivity index (χ0) is 13.8. The molecule has 4 heteroatoms. The molecule has 1 heterocycles. The molecule has 0 saturated heterocycles. The lowest BCUT2D eigenvalue weighted by atomic mass is 10.2. The Labute approximate surface area is 119 Å². The van der Waals surface area contributed by atoms with Gasteiger partial charge in [-0.3, -0.25) is 0 Å². The Balaban J connectivity index is 2.09. The molecule has 3 nitrogen and oxygen atoms in total. The molecule has 0 saturated carbocycles. The maximum atomic E-state index is 4.67. The normalized spacial score (nSPS) is 11.0. The predicted molar refractivity (Wildman–Crippen MR) is 83.3 cm³/mol. The summed E-state index contributed by atoms with van der Waals surface area (Å²) in [5.74, 6) is 0. The Kier molecular flexibility index (Phi) is 4.56. The van der Waals surface area contributed by atoms with E-state index in [-0.39, 0.29) is 0 Å². The number of rotatable bonds is 5. The highest BCUT2D eigenvalue weighted by Crippen LogP contribution is 2.27. The molecule has 1 N–H and O–H groups in total. The molecule has 0 spiro atoms. The number of nitrogens with one attached hydrogen (secondary N) is 1. The minimum Gasteiger partial charge on any atom is -0.321 e. The zero-order valence-corrected chi connectivity index (χ0v) is 12.8. The molecule has 0 aliphatic heterocycles. The molecule has 0 aliphatic rings. The van der Waals surface area contributed by atoms with Crippen LogP contribution in [-0.2, 0) is 6.54 Å². The van der Waals surface area contributed by atoms with Crippen LogP contribution in [0, 0.1) is 6.92 Å². The number of hydrogen-bond acceptors (Lipinski definition) is 4. The van der Waals surface area contributed by atoms with Gasteiger partial charge in [-0.2, -0.15) is 0 Å². The third-order valence-electron chi connectivity index (χ3n) is 2.91. The average molecular weight is 275 g/mol. The molecule has 2 aromatic rings. The number of benzene rings is 1. The minimum absolute atomic E-state index is 0.486. The minimum atomic E-state index is 0.486. The summed E-state index contributed by atoms with van der Waals surface area (Å²) in [5.41, 5.74) is 3.55. The van der Waals surface area contributed by atoms with Crippen LogP contribution >= 0.6 is 11.3 Å². The van der Waals surface area contributed by atoms with Crippen LogP contribution in [0.15, 0.2) is 29.6 Å². The Morgan fingerprint density at radius 2 is 2.16 bits per heavy atom. The lowest BCUT2D eigenvalue weighted by molar-refractivity contribution is 0.583. The number of thiazole rings is 1. The number of hydrogen-bond donors (Lipinski definition) is 1. The summed E-state index contributed by atoms with van der Waals surface area (Å²) in [7, 11) is 2.06. The summed E-state index contributed by atoms with van der Waals surface area (Å²) in [6.07, 6.45) is 0. The molecule has 1 aromatic carbocycles. The van der Waals surface area contributed by atoms with Gasteiger partial charge in [-0.15, -0.1) is 11.3 Å². The van der Waals surface area contributed by atoms with E-state index in [2.05, 4.69) is 72.7 Å². The molecule has 0 amide bonds. The van der Waals surface area contributed by atoms with Gasteiger partial charge in [-0.1, -0.05) is 26.0 Å². The second-order valence-electron chi connectivity index (χ2n) is 5.06. The van der Waals surface area contributed by atoms with Crippen LogP contribution in [0.4, 0.5) is 10.8 Å². The lowest BCUT2D eigenvalue weighted by Crippen LogP contribution is -2.22. The van der Waals surface area contributed by atoms with Crippen LogP contribution in [0.1, 0.15) is 25.1 Å². The van der Waals surface area contributed by atoms with Crippen molar-refractivity contribution in [3.63, 3.8) is 0 Å². The molecule has 0 unspecified atom stereocenters. The maximum absolute atomic E-state index is 4.67. The first-order chi connectivity index (χ1) is 9.06. The van der Waals surface area contributed by atoms with Crippen LogP contribution in [-0.4, -0.2) is 18.1 Å². The van der Waals surface area contributed by atoms with Crippen molar-refractivity contribution in [1.29, 1.82) is 0 Å². The third kappa shape index (κ3) is 3.78. The van der Waals surface area contributed by atoms with Gasteiger partial charge < -0.3 is 10.2 Å². The van der Waals surface area contributed by atoms with E-state index in [1.807, 2.05) is 0 Å². The van der Waals surface area contributed by atoms with E-state index in [1.165, 1.54) is 11.3 Å². The topological polar surface area (TPSA) is 28.2 Å². The maximum Gasteiger partial charge on any atom is 0.189 e. The molecule has 19 heavy (non-hydrogen) atoms. The van der Waals surface area contributed by atoms with Crippen molar-refractivity contribution in [2.45, 2.75) is 33.4 Å². The van der Waals surface area contributed by atoms with E-state index in [0.29, 0.717) is 6.04 Å². The first-order valence-corrected chi connectivity index (χ1v) is 7.42. The van der Waals surface area contributed by atoms with Crippen LogP contribution in [0.25, 0.3) is 0 Å². The number of nitrogens with zero attached hydrogens (tertiary/aromatic N) is 2. The Hall–Kier alpha value is -1.39. The van der Waals surface area contributed by atoms with Gasteiger partial charge in [0.25, 0.3) is 0 Å². The fraction of sp³-hybridized carbons (Fsp3) is 0.400. The second kappa shape index (κ2) is 6.17. The zero-order valence-electron chi connectivity index (χ0n) is 12.0. The van der Waals surface area contributed by atoms with Crippen molar-refractivity contribution < 1.29 is 0 Å². The van der Waals surface area contributed by atoms with Gasteiger partial charge in [0.2, 0.25) is 0 Å². The predicted octanol–water partition coefficient (Wildman–Crippen LogP) is 3.72. The largest absolute Gasteiger partial charge is 0.321 e. The van der Waals surface area contributed by atoms with Gasteiger partial charge >= 0.3 is 0 Å². The van der Waals surface area contributed by atoms with Crippen molar-refractivity contribution in [3.8, 4) is 0 Å². The van der Waals surface area contributed by atoms with Crippen LogP contribution in [0.3, 0.4) is 0 Å². The van der Waals surface area contributed by atoms with E-state index < -0.39 is 0 Å². The quantitative estimate of drug-likeness (QED) is 0.901. The van der Waals surface area contributed by atoms with E-state index in [4.69, 9.17) is 0 Å². The van der Waals surface area contributed by atoms with Crippen molar-refractivity contribution in [2.75, 3.05) is 11.9 Å². The molecular weight excluding hydrogens is 254 g/mol. The summed E-state index contributed by atoms with van der Waals surface area (Å²) in [6.45, 7) is 7.23. The van der Waals surface area contributed by atoms with Gasteiger partial charge in [-0.25, -0.2) is 4.98 Å². The molecule has 0 fully saturated rings. The number of aromatic nitrogens is 1. The first kappa shape index (κ1) is 14.0. The molecule has 0 atom stereocenters. The summed E-state index contributed by atoms with van der Waals surface area (Å²) in [4.78, 5) is 6.81. The molecule has 0 aliphatic carbocycles. The number of aryl methyl sites for hydroxylation is 1. The van der Waals surface area contributed by atoms with E-state index >= 15 is 0 Å². The molecule has 2 rings (SSSR count). The highest BCUT2D eigenvalue weighted by atomic mass is 32.1. The third-order valence-corrected chi connectivity index (χ3v) is 3.87. The smallest absolute Gasteiger partial charge is 0.189 e. The van der Waals surface area contributed by atoms with Crippen molar-refractivity contribution >= 4 is 22.2 Å². The Morgan fingerprint density at radius 3 is 2.84 bits per heavy atom. The summed E-state index contributed by atoms with van der Waals surface area (Å²) in [6, 6.07) is 8.96. The van der Waals surface area contributed by atoms with Gasteiger partial charge in [0, 0.05) is 30.7 Å². The monoisotopic (exact) mass is 275 g/mol. The number of anilines is 2. The van der Waals surface area contributed by atoms with E-state index in [9.17, 15) is 0 Å². The highest BCUT2D eigenvalue weighted by Gasteiger charge is 2.09. The fourth-order valence-corrected chi connectivity index (χ4v) is 2.60. The van der Waals surface area contributed by atoms with Crippen LogP contribution in [0.2, 0.25) is 0 Å². The van der Waals surface area contributed by atoms with Gasteiger partial charge in [-0.05, 0) is 24.6 Å². The van der Waals surface area contributed by atoms with Crippen LogP contribution < -0.4 is 10.2 Å². The van der Waals surface area contributed by atoms with Crippen LogP contribution in [0.5, 0.6) is 0 Å². The van der Waals surface area contributed by atoms with E-state index in [0.717, 1.165) is 17.4 Å². The van der Waals surface area contributed by atoms with Crippen molar-refractivity contribution in [2.24, 2.45) is 0 Å². The average Bonchev–Trinajstić information content (AvgIpc) is 2.84. The van der Waals surface area contributed by atoms with E-state index in [1.54, 1.807) is 11.3 Å². The highest BCUT2D eigenvalue weighted by molar-refractivity contribution is 7.13. The summed E-state index contributed by atoms with van der Waals surface area (Å²) in [5, 5.41) is 6.54. The molecular formula is C15H21N3S. The van der Waals surface area contributed by atoms with Gasteiger partial charge in [0.15, 0.2) is 5.13 Å². The Morgan fingerprint density at radius 1 is 1.37 bits per heavy atom. The van der Waals surface area contributed by atoms with Gasteiger partial charge in [0.1, 0.15) is 0 Å². The summed E-state index contributed by atoms with van der Waals surface area (Å²) < 4.78 is 0. The first-order valence-electron chi connectivity index (χ1n) is 6.54. The lowest BCUT2D eigenvalue weighted by Gasteiger charge is -2.16. The fourth-order valence-electron chi connectivity index (χ4n) is 1.79. The molecule has 1 aromatic heterocycles. The molecule has 0 bridgehead atoms. The standard InChI is InChI=1S/C15H21N3S/c1-11(2)16-9-13-10-19-15(17-13)18(4)14-7-5-6-12(3)8-14/h5-8,10-11,16H,9H2,1-4H3.